The standard InChI is InChI=1S/C23H30N4O3S/c1-19-9-12-27(13-10-19)31(29,30)22-7-5-20(6-8-22)23(28)26-16-14-25(15-17-26)18-21-4-2-3-11-24-21/h2-8,11,19H,9-10,12-18H2,1H3. The molecule has 1 aromatic carbocycles. The van der Waals surface area contributed by atoms with Crippen LogP contribution < -0.4 is 0 Å². The molecule has 2 aliphatic rings. The molecule has 0 aliphatic carbocycles. The number of piperazine rings is 1. The lowest BCUT2D eigenvalue weighted by Crippen LogP contribution is -2.48. The molecule has 2 aliphatic heterocycles. The molecule has 0 atom stereocenters. The highest BCUT2D eigenvalue weighted by atomic mass is 32.2. The second kappa shape index (κ2) is 9.46. The third-order valence-corrected chi connectivity index (χ3v) is 8.17. The summed E-state index contributed by atoms with van der Waals surface area (Å²) in [6, 6.07) is 12.3. The summed E-state index contributed by atoms with van der Waals surface area (Å²) in [6.07, 6.45) is 3.58. The van der Waals surface area contributed by atoms with Crippen LogP contribution in [-0.2, 0) is 16.6 Å². The molecule has 0 saturated carbocycles. The van der Waals surface area contributed by atoms with Gasteiger partial charge >= 0.3 is 0 Å². The number of hydrogen-bond acceptors (Lipinski definition) is 5. The van der Waals surface area contributed by atoms with Crippen molar-refractivity contribution in [3.63, 3.8) is 0 Å². The molecule has 2 fully saturated rings. The Morgan fingerprint density at radius 3 is 2.26 bits per heavy atom. The van der Waals surface area contributed by atoms with Crippen molar-refractivity contribution in [2.45, 2.75) is 31.2 Å². The molecule has 4 rings (SSSR count). The molecular weight excluding hydrogens is 412 g/mol. The topological polar surface area (TPSA) is 73.8 Å². The average Bonchev–Trinajstić information content (AvgIpc) is 2.80. The number of carbonyl (C=O) groups excluding carboxylic acids is 1. The normalized spacial score (nSPS) is 19.5. The van der Waals surface area contributed by atoms with Crippen LogP contribution in [0.15, 0.2) is 53.6 Å². The van der Waals surface area contributed by atoms with Crippen LogP contribution in [0, 0.1) is 5.92 Å². The van der Waals surface area contributed by atoms with Crippen LogP contribution in [0.2, 0.25) is 0 Å². The molecule has 1 aromatic heterocycles. The number of pyridine rings is 1. The Bertz CT molecular complexity index is 979. The van der Waals surface area contributed by atoms with Crippen LogP contribution in [0.5, 0.6) is 0 Å². The third kappa shape index (κ3) is 5.14. The Morgan fingerprint density at radius 1 is 0.968 bits per heavy atom. The van der Waals surface area contributed by atoms with E-state index in [0.29, 0.717) is 37.7 Å². The van der Waals surface area contributed by atoms with Gasteiger partial charge in [-0.25, -0.2) is 8.42 Å². The van der Waals surface area contributed by atoms with Crippen LogP contribution in [0.25, 0.3) is 0 Å². The molecule has 0 radical (unpaired) electrons. The van der Waals surface area contributed by atoms with E-state index in [9.17, 15) is 13.2 Å². The molecule has 3 heterocycles. The lowest BCUT2D eigenvalue weighted by molar-refractivity contribution is 0.0627. The minimum atomic E-state index is -3.49. The van der Waals surface area contributed by atoms with Crippen molar-refractivity contribution >= 4 is 15.9 Å². The predicted molar refractivity (Wildman–Crippen MR) is 119 cm³/mol. The first-order chi connectivity index (χ1) is 14.9. The second-order valence-electron chi connectivity index (χ2n) is 8.50. The first-order valence-corrected chi connectivity index (χ1v) is 12.4. The molecule has 1 amide bonds. The van der Waals surface area contributed by atoms with Gasteiger partial charge in [0.05, 0.1) is 10.6 Å². The maximum atomic E-state index is 12.9. The summed E-state index contributed by atoms with van der Waals surface area (Å²) in [4.78, 5) is 21.7. The van der Waals surface area contributed by atoms with Gasteiger partial charge in [-0.15, -0.1) is 0 Å². The van der Waals surface area contributed by atoms with E-state index in [1.807, 2.05) is 23.1 Å². The van der Waals surface area contributed by atoms with Gasteiger partial charge in [0, 0.05) is 57.6 Å². The minimum Gasteiger partial charge on any atom is -0.336 e. The summed E-state index contributed by atoms with van der Waals surface area (Å²) in [6.45, 7) is 6.95. The lowest BCUT2D eigenvalue weighted by atomic mass is 10.0. The minimum absolute atomic E-state index is 0.0479. The van der Waals surface area contributed by atoms with Gasteiger partial charge in [0.25, 0.3) is 5.91 Å². The zero-order valence-electron chi connectivity index (χ0n) is 18.0. The number of hydrogen-bond donors (Lipinski definition) is 0. The zero-order chi connectivity index (χ0) is 21.8. The molecule has 0 unspecified atom stereocenters. The number of benzene rings is 1. The zero-order valence-corrected chi connectivity index (χ0v) is 18.8. The third-order valence-electron chi connectivity index (χ3n) is 6.25. The van der Waals surface area contributed by atoms with Crippen molar-refractivity contribution in [3.8, 4) is 0 Å². The van der Waals surface area contributed by atoms with E-state index in [4.69, 9.17) is 0 Å². The molecule has 8 heteroatoms. The van der Waals surface area contributed by atoms with Crippen molar-refractivity contribution in [3.05, 3.63) is 59.9 Å². The second-order valence-corrected chi connectivity index (χ2v) is 10.4. The van der Waals surface area contributed by atoms with Gasteiger partial charge in [0.2, 0.25) is 10.0 Å². The van der Waals surface area contributed by atoms with Gasteiger partial charge in [-0.2, -0.15) is 4.31 Å². The van der Waals surface area contributed by atoms with Gasteiger partial charge in [-0.3, -0.25) is 14.7 Å². The number of carbonyl (C=O) groups is 1. The lowest BCUT2D eigenvalue weighted by Gasteiger charge is -2.34. The number of aromatic nitrogens is 1. The van der Waals surface area contributed by atoms with Gasteiger partial charge in [0.1, 0.15) is 0 Å². The first-order valence-electron chi connectivity index (χ1n) is 11.0. The predicted octanol–water partition coefficient (Wildman–Crippen LogP) is 2.46. The Hall–Kier alpha value is -2.29. The van der Waals surface area contributed by atoms with E-state index >= 15 is 0 Å². The summed E-state index contributed by atoms with van der Waals surface area (Å²) in [5.41, 5.74) is 1.56. The molecule has 31 heavy (non-hydrogen) atoms. The Balaban J connectivity index is 1.34. The fraction of sp³-hybridized carbons (Fsp3) is 0.478. The van der Waals surface area contributed by atoms with E-state index in [0.717, 1.165) is 38.2 Å². The van der Waals surface area contributed by atoms with Crippen molar-refractivity contribution < 1.29 is 13.2 Å². The van der Waals surface area contributed by atoms with E-state index < -0.39 is 10.0 Å². The monoisotopic (exact) mass is 442 g/mol. The molecule has 2 saturated heterocycles. The van der Waals surface area contributed by atoms with E-state index in [1.54, 1.807) is 34.8 Å². The summed E-state index contributed by atoms with van der Waals surface area (Å²) >= 11 is 0. The molecule has 0 spiro atoms. The highest BCUT2D eigenvalue weighted by Gasteiger charge is 2.28. The Kier molecular flexibility index (Phi) is 6.69. The van der Waals surface area contributed by atoms with Crippen LogP contribution in [0.4, 0.5) is 0 Å². The molecule has 166 valence electrons. The quantitative estimate of drug-likeness (QED) is 0.711. The van der Waals surface area contributed by atoms with Crippen LogP contribution >= 0.6 is 0 Å². The average molecular weight is 443 g/mol. The first kappa shape index (κ1) is 21.9. The largest absolute Gasteiger partial charge is 0.336 e. The van der Waals surface area contributed by atoms with Crippen molar-refractivity contribution in [2.75, 3.05) is 39.3 Å². The molecular formula is C23H30N4O3S. The molecule has 0 N–H and O–H groups in total. The fourth-order valence-electron chi connectivity index (χ4n) is 4.16. The smallest absolute Gasteiger partial charge is 0.253 e. The maximum Gasteiger partial charge on any atom is 0.253 e. The summed E-state index contributed by atoms with van der Waals surface area (Å²) in [7, 11) is -3.49. The van der Waals surface area contributed by atoms with E-state index in [-0.39, 0.29) is 10.8 Å². The van der Waals surface area contributed by atoms with Gasteiger partial charge < -0.3 is 4.90 Å². The van der Waals surface area contributed by atoms with Gasteiger partial charge in [-0.1, -0.05) is 13.0 Å². The van der Waals surface area contributed by atoms with Crippen LogP contribution in [0.1, 0.15) is 35.8 Å². The number of rotatable bonds is 5. The Morgan fingerprint density at radius 2 is 1.65 bits per heavy atom. The molecule has 7 nitrogen and oxygen atoms in total. The van der Waals surface area contributed by atoms with Gasteiger partial charge in [0.15, 0.2) is 0 Å². The highest BCUT2D eigenvalue weighted by molar-refractivity contribution is 7.89. The van der Waals surface area contributed by atoms with Crippen molar-refractivity contribution in [1.29, 1.82) is 0 Å². The van der Waals surface area contributed by atoms with Crippen LogP contribution in [-0.4, -0.2) is 72.7 Å². The number of nitrogens with zero attached hydrogens (tertiary/aromatic N) is 4. The molecule has 0 bridgehead atoms. The number of amides is 1. The fourth-order valence-corrected chi connectivity index (χ4v) is 5.63. The van der Waals surface area contributed by atoms with Crippen LogP contribution in [0.3, 0.4) is 0 Å². The van der Waals surface area contributed by atoms with E-state index in [1.165, 1.54) is 0 Å². The summed E-state index contributed by atoms with van der Waals surface area (Å²) in [5.74, 6) is 0.518. The highest BCUT2D eigenvalue weighted by Crippen LogP contribution is 2.24. The summed E-state index contributed by atoms with van der Waals surface area (Å²) in [5, 5.41) is 0. The van der Waals surface area contributed by atoms with E-state index in [2.05, 4.69) is 16.8 Å². The maximum absolute atomic E-state index is 12.9. The SMILES string of the molecule is CC1CCN(S(=O)(=O)c2ccc(C(=O)N3CCN(Cc4ccccn4)CC3)cc2)CC1. The summed E-state index contributed by atoms with van der Waals surface area (Å²) < 4.78 is 27.3. The number of sulfonamides is 1. The molecule has 2 aromatic rings. The number of piperidine rings is 1. The van der Waals surface area contributed by atoms with Crippen molar-refractivity contribution in [1.82, 2.24) is 19.1 Å². The van der Waals surface area contributed by atoms with Gasteiger partial charge in [-0.05, 0) is 55.2 Å². The van der Waals surface area contributed by atoms with Crippen molar-refractivity contribution in [2.24, 2.45) is 5.92 Å². The Labute approximate surface area is 184 Å².